The normalized spacial score (nSPS) is 25.4. The van der Waals surface area contributed by atoms with Gasteiger partial charge < -0.3 is 18.9 Å². The minimum atomic E-state index is -0.458. The number of amides is 1. The van der Waals surface area contributed by atoms with Crippen LogP contribution < -0.4 is 0 Å². The van der Waals surface area contributed by atoms with Gasteiger partial charge in [0.2, 0.25) is 0 Å². The van der Waals surface area contributed by atoms with Crippen LogP contribution in [-0.2, 0) is 14.0 Å². The Kier molecular flexibility index (Phi) is 4.54. The van der Waals surface area contributed by atoms with E-state index in [0.29, 0.717) is 13.1 Å². The highest BCUT2D eigenvalue weighted by atomic mass is 16.7. The van der Waals surface area contributed by atoms with Crippen LogP contribution in [0.1, 0.15) is 48.5 Å². The van der Waals surface area contributed by atoms with Gasteiger partial charge in [0.25, 0.3) is 0 Å². The van der Waals surface area contributed by atoms with Crippen LogP contribution in [0, 0.1) is 0 Å². The first kappa shape index (κ1) is 17.6. The van der Waals surface area contributed by atoms with E-state index < -0.39 is 5.60 Å². The van der Waals surface area contributed by atoms with E-state index in [9.17, 15) is 4.79 Å². The van der Waals surface area contributed by atoms with Gasteiger partial charge >= 0.3 is 13.3 Å². The SMILES string of the molecule is CC(C)(C)OC(=O)N1CCN(B2OC(C)(C)C(C)(C)O2)CC1. The molecule has 0 spiro atoms. The van der Waals surface area contributed by atoms with Crippen molar-refractivity contribution in [3.05, 3.63) is 0 Å². The summed E-state index contributed by atoms with van der Waals surface area (Å²) < 4.78 is 17.5. The zero-order valence-corrected chi connectivity index (χ0v) is 14.9. The van der Waals surface area contributed by atoms with Gasteiger partial charge in [-0.2, -0.15) is 0 Å². The van der Waals surface area contributed by atoms with Gasteiger partial charge in [0.05, 0.1) is 11.2 Å². The number of carbonyl (C=O) groups is 1. The third-order valence-electron chi connectivity index (χ3n) is 4.50. The Morgan fingerprint density at radius 2 is 1.45 bits per heavy atom. The molecular weight excluding hydrogens is 283 g/mol. The number of rotatable bonds is 1. The van der Waals surface area contributed by atoms with Crippen molar-refractivity contribution >= 4 is 13.3 Å². The molecule has 0 N–H and O–H groups in total. The maximum Gasteiger partial charge on any atom is 0.558 e. The minimum Gasteiger partial charge on any atom is -0.444 e. The van der Waals surface area contributed by atoms with E-state index in [4.69, 9.17) is 14.0 Å². The molecule has 7 heteroatoms. The van der Waals surface area contributed by atoms with Gasteiger partial charge in [-0.25, -0.2) is 4.79 Å². The third kappa shape index (κ3) is 3.75. The molecule has 2 saturated heterocycles. The summed E-state index contributed by atoms with van der Waals surface area (Å²) in [5, 5.41) is 0. The number of nitrogens with zero attached hydrogens (tertiary/aromatic N) is 2. The summed E-state index contributed by atoms with van der Waals surface area (Å²) in [5.74, 6) is 0. The fraction of sp³-hybridized carbons (Fsp3) is 0.933. The van der Waals surface area contributed by atoms with Crippen LogP contribution in [0.5, 0.6) is 0 Å². The molecule has 0 atom stereocenters. The van der Waals surface area contributed by atoms with E-state index in [1.807, 2.05) is 48.5 Å². The second-order valence-electron chi connectivity index (χ2n) is 8.07. The standard InChI is InChI=1S/C15H29BN2O4/c1-13(2,3)20-12(19)17-8-10-18(11-9-17)16-21-14(4,5)15(6,7)22-16/h8-11H2,1-7H3. The number of carbonyl (C=O) groups excluding carboxylic acids is 1. The molecule has 0 aromatic carbocycles. The predicted octanol–water partition coefficient (Wildman–Crippen LogP) is 2.13. The first-order valence-corrected chi connectivity index (χ1v) is 7.99. The van der Waals surface area contributed by atoms with Crippen LogP contribution >= 0.6 is 0 Å². The van der Waals surface area contributed by atoms with Crippen LogP contribution in [0.25, 0.3) is 0 Å². The van der Waals surface area contributed by atoms with Crippen molar-refractivity contribution in [3.63, 3.8) is 0 Å². The fourth-order valence-electron chi connectivity index (χ4n) is 2.40. The molecule has 0 radical (unpaired) electrons. The highest BCUT2D eigenvalue weighted by Gasteiger charge is 2.54. The lowest BCUT2D eigenvalue weighted by Crippen LogP contribution is -2.55. The van der Waals surface area contributed by atoms with E-state index in [1.165, 1.54) is 0 Å². The predicted molar refractivity (Wildman–Crippen MR) is 85.5 cm³/mol. The maximum atomic E-state index is 12.1. The Balaban J connectivity index is 1.87. The molecule has 0 aromatic rings. The Labute approximate surface area is 134 Å². The Morgan fingerprint density at radius 1 is 1.00 bits per heavy atom. The van der Waals surface area contributed by atoms with E-state index in [0.717, 1.165) is 13.1 Å². The molecule has 2 rings (SSSR count). The highest BCUT2D eigenvalue weighted by Crippen LogP contribution is 2.37. The van der Waals surface area contributed by atoms with Gasteiger partial charge in [0.1, 0.15) is 5.60 Å². The minimum absolute atomic E-state index is 0.249. The summed E-state index contributed by atoms with van der Waals surface area (Å²) in [6.45, 7) is 16.5. The molecular formula is C15H29BN2O4. The van der Waals surface area contributed by atoms with E-state index in [1.54, 1.807) is 4.90 Å². The third-order valence-corrected chi connectivity index (χ3v) is 4.50. The van der Waals surface area contributed by atoms with Crippen molar-refractivity contribution in [2.45, 2.75) is 65.3 Å². The first-order valence-electron chi connectivity index (χ1n) is 7.99. The van der Waals surface area contributed by atoms with E-state index >= 15 is 0 Å². The van der Waals surface area contributed by atoms with Gasteiger partial charge in [-0.3, -0.25) is 4.81 Å². The Bertz CT molecular complexity index is 410. The molecule has 0 aromatic heterocycles. The van der Waals surface area contributed by atoms with E-state index in [2.05, 4.69) is 4.81 Å². The first-order chi connectivity index (χ1) is 9.91. The molecule has 0 aliphatic carbocycles. The van der Waals surface area contributed by atoms with Gasteiger partial charge in [-0.15, -0.1) is 0 Å². The van der Waals surface area contributed by atoms with Gasteiger partial charge in [0.15, 0.2) is 0 Å². The molecule has 2 aliphatic rings. The molecule has 2 heterocycles. The quantitative estimate of drug-likeness (QED) is 0.694. The molecule has 6 nitrogen and oxygen atoms in total. The number of piperazine rings is 1. The lowest BCUT2D eigenvalue weighted by atomic mass is 9.90. The zero-order chi connectivity index (χ0) is 16.8. The Hall–Kier alpha value is -0.785. The number of ether oxygens (including phenoxy) is 1. The van der Waals surface area contributed by atoms with Gasteiger partial charge in [-0.05, 0) is 48.5 Å². The van der Waals surface area contributed by atoms with Crippen LogP contribution in [0.2, 0.25) is 0 Å². The number of hydrogen-bond donors (Lipinski definition) is 0. The molecule has 2 aliphatic heterocycles. The van der Waals surface area contributed by atoms with Crippen LogP contribution in [0.4, 0.5) is 4.79 Å². The summed E-state index contributed by atoms with van der Waals surface area (Å²) in [5.41, 5.74) is -1.13. The monoisotopic (exact) mass is 312 g/mol. The van der Waals surface area contributed by atoms with Crippen LogP contribution in [0.15, 0.2) is 0 Å². The summed E-state index contributed by atoms with van der Waals surface area (Å²) in [7, 11) is -0.342. The average Bonchev–Trinajstić information content (AvgIpc) is 2.56. The van der Waals surface area contributed by atoms with Crippen molar-refractivity contribution < 1.29 is 18.8 Å². The van der Waals surface area contributed by atoms with Crippen molar-refractivity contribution in [1.29, 1.82) is 0 Å². The second-order valence-corrected chi connectivity index (χ2v) is 8.07. The second kappa shape index (κ2) is 5.69. The summed E-state index contributed by atoms with van der Waals surface area (Å²) >= 11 is 0. The average molecular weight is 312 g/mol. The smallest absolute Gasteiger partial charge is 0.444 e. The molecule has 0 bridgehead atoms. The zero-order valence-electron chi connectivity index (χ0n) is 14.9. The van der Waals surface area contributed by atoms with Crippen molar-refractivity contribution in [2.24, 2.45) is 0 Å². The molecule has 126 valence electrons. The maximum absolute atomic E-state index is 12.1. The Morgan fingerprint density at radius 3 is 1.86 bits per heavy atom. The van der Waals surface area contributed by atoms with Crippen LogP contribution in [0.3, 0.4) is 0 Å². The summed E-state index contributed by atoms with van der Waals surface area (Å²) in [6.07, 6.45) is -0.249. The molecule has 1 amide bonds. The topological polar surface area (TPSA) is 51.2 Å². The number of hydrogen-bond acceptors (Lipinski definition) is 5. The molecule has 0 saturated carbocycles. The molecule has 22 heavy (non-hydrogen) atoms. The van der Waals surface area contributed by atoms with Gasteiger partial charge in [0, 0.05) is 26.2 Å². The molecule has 0 unspecified atom stereocenters. The van der Waals surface area contributed by atoms with Crippen molar-refractivity contribution in [1.82, 2.24) is 9.71 Å². The summed E-state index contributed by atoms with van der Waals surface area (Å²) in [6, 6.07) is 0. The molecule has 2 fully saturated rings. The fourth-order valence-corrected chi connectivity index (χ4v) is 2.40. The van der Waals surface area contributed by atoms with Crippen LogP contribution in [-0.4, -0.2) is 66.0 Å². The summed E-state index contributed by atoms with van der Waals surface area (Å²) in [4.78, 5) is 15.9. The lowest BCUT2D eigenvalue weighted by Gasteiger charge is -2.36. The van der Waals surface area contributed by atoms with Crippen molar-refractivity contribution in [3.8, 4) is 0 Å². The van der Waals surface area contributed by atoms with Crippen molar-refractivity contribution in [2.75, 3.05) is 26.2 Å². The largest absolute Gasteiger partial charge is 0.558 e. The van der Waals surface area contributed by atoms with Gasteiger partial charge in [-0.1, -0.05) is 0 Å². The van der Waals surface area contributed by atoms with E-state index in [-0.39, 0.29) is 24.5 Å². The lowest BCUT2D eigenvalue weighted by molar-refractivity contribution is 0.00578. The highest BCUT2D eigenvalue weighted by molar-refractivity contribution is 6.42.